The predicted molar refractivity (Wildman–Crippen MR) is 65.4 cm³/mol. The molecule has 3 nitrogen and oxygen atoms in total. The fourth-order valence-electron chi connectivity index (χ4n) is 1.08. The molecule has 1 amide bonds. The lowest BCUT2D eigenvalue weighted by Crippen LogP contribution is -2.41. The zero-order chi connectivity index (χ0) is 15.4. The quantitative estimate of drug-likeness (QED) is 0.642. The molecule has 0 atom stereocenters. The zero-order valence-corrected chi connectivity index (χ0v) is 11.4. The van der Waals surface area contributed by atoms with Crippen LogP contribution in [0.5, 0.6) is 5.75 Å². The van der Waals surface area contributed by atoms with Gasteiger partial charge in [0.1, 0.15) is 5.75 Å². The van der Waals surface area contributed by atoms with Crippen molar-refractivity contribution in [1.82, 2.24) is 0 Å². The number of hydrogen-bond donors (Lipinski definition) is 1. The first kappa shape index (κ1) is 16.7. The third kappa shape index (κ3) is 4.62. The van der Waals surface area contributed by atoms with E-state index >= 15 is 0 Å². The van der Waals surface area contributed by atoms with Gasteiger partial charge in [-0.2, -0.15) is 22.0 Å². The number of hydrogen-bond acceptors (Lipinski definition) is 2. The Bertz CT molecular complexity index is 461. The molecular weight excluding hydrogens is 353 g/mol. The number of alkyl halides is 6. The van der Waals surface area contributed by atoms with Gasteiger partial charge in [-0.25, -0.2) is 0 Å². The average Bonchev–Trinajstić information content (AvgIpc) is 2.36. The molecule has 0 aliphatic carbocycles. The molecule has 1 N–H and O–H groups in total. The second kappa shape index (κ2) is 6.38. The van der Waals surface area contributed by atoms with Crippen LogP contribution in [0.15, 0.2) is 24.3 Å². The molecule has 112 valence electrons. The molecule has 0 radical (unpaired) electrons. The van der Waals surface area contributed by atoms with Crippen molar-refractivity contribution >= 4 is 27.5 Å². The molecule has 0 spiro atoms. The Balaban J connectivity index is 2.60. The summed E-state index contributed by atoms with van der Waals surface area (Å²) in [6.07, 6.45) is -5.66. The Kier molecular flexibility index (Phi) is 5.32. The van der Waals surface area contributed by atoms with Crippen LogP contribution in [0.25, 0.3) is 0 Å². The topological polar surface area (TPSA) is 38.3 Å². The van der Waals surface area contributed by atoms with Gasteiger partial charge in [-0.15, -0.1) is 0 Å². The third-order valence-electron chi connectivity index (χ3n) is 2.09. The van der Waals surface area contributed by atoms with Gasteiger partial charge in [-0.3, -0.25) is 4.79 Å². The van der Waals surface area contributed by atoms with Gasteiger partial charge >= 0.3 is 12.1 Å². The summed E-state index contributed by atoms with van der Waals surface area (Å²) in [7, 11) is 0. The van der Waals surface area contributed by atoms with E-state index in [9.17, 15) is 26.7 Å². The highest BCUT2D eigenvalue weighted by atomic mass is 79.9. The van der Waals surface area contributed by atoms with Crippen LogP contribution < -0.4 is 10.1 Å². The summed E-state index contributed by atoms with van der Waals surface area (Å²) in [6.45, 7) is -1.80. The molecule has 0 bridgehead atoms. The van der Waals surface area contributed by atoms with Crippen LogP contribution in [-0.4, -0.2) is 29.9 Å². The molecule has 0 aliphatic heterocycles. The summed E-state index contributed by atoms with van der Waals surface area (Å²) in [5.74, 6) is -5.41. The Morgan fingerprint density at radius 1 is 1.15 bits per heavy atom. The lowest BCUT2D eigenvalue weighted by atomic mass is 10.3. The Morgan fingerprint density at radius 3 is 2.15 bits per heavy atom. The van der Waals surface area contributed by atoms with Crippen molar-refractivity contribution in [2.75, 3.05) is 17.3 Å². The van der Waals surface area contributed by atoms with Gasteiger partial charge in [-0.1, -0.05) is 15.9 Å². The average molecular weight is 362 g/mol. The molecule has 0 aliphatic rings. The van der Waals surface area contributed by atoms with E-state index in [1.54, 1.807) is 0 Å². The maximum Gasteiger partial charge on any atom is 0.456 e. The van der Waals surface area contributed by atoms with Crippen LogP contribution >= 0.6 is 15.9 Å². The van der Waals surface area contributed by atoms with E-state index in [0.717, 1.165) is 0 Å². The van der Waals surface area contributed by atoms with E-state index in [-0.39, 0.29) is 17.0 Å². The first-order chi connectivity index (χ1) is 9.15. The highest BCUT2D eigenvalue weighted by Crippen LogP contribution is 2.35. The predicted octanol–water partition coefficient (Wildman–Crippen LogP) is 3.60. The molecule has 0 heterocycles. The van der Waals surface area contributed by atoms with Crippen LogP contribution in [0.3, 0.4) is 0 Å². The normalized spacial score (nSPS) is 12.1. The van der Waals surface area contributed by atoms with E-state index in [0.29, 0.717) is 5.69 Å². The molecule has 0 unspecified atom stereocenters. The van der Waals surface area contributed by atoms with E-state index < -0.39 is 18.7 Å². The third-order valence-corrected chi connectivity index (χ3v) is 2.60. The van der Waals surface area contributed by atoms with Gasteiger partial charge < -0.3 is 10.1 Å². The van der Waals surface area contributed by atoms with Gasteiger partial charge in [0.15, 0.2) is 6.61 Å². The van der Waals surface area contributed by atoms with Gasteiger partial charge in [0.05, 0.1) is 5.33 Å². The van der Waals surface area contributed by atoms with Crippen molar-refractivity contribution in [1.29, 1.82) is 0 Å². The van der Waals surface area contributed by atoms with Crippen molar-refractivity contribution in [2.45, 2.75) is 12.1 Å². The summed E-state index contributed by atoms with van der Waals surface area (Å²) in [5.41, 5.74) is 0.365. The largest absolute Gasteiger partial charge is 0.487 e. The number of anilines is 1. The Hall–Kier alpha value is -1.38. The maximum absolute atomic E-state index is 12.6. The van der Waals surface area contributed by atoms with E-state index in [4.69, 9.17) is 0 Å². The maximum atomic E-state index is 12.6. The SMILES string of the molecule is O=C(CBr)Nc1ccc(OCC(F)(F)C(F)(F)F)cc1. The number of amides is 1. The molecule has 0 fully saturated rings. The fraction of sp³-hybridized carbons (Fsp3) is 0.364. The minimum Gasteiger partial charge on any atom is -0.487 e. The molecule has 20 heavy (non-hydrogen) atoms. The van der Waals surface area contributed by atoms with E-state index in [1.165, 1.54) is 24.3 Å². The number of halogens is 6. The minimum atomic E-state index is -5.66. The fourth-order valence-corrected chi connectivity index (χ4v) is 1.22. The number of nitrogens with one attached hydrogen (secondary N) is 1. The van der Waals surface area contributed by atoms with Gasteiger partial charge in [0.2, 0.25) is 5.91 Å². The standard InChI is InChI=1S/C11H9BrF5NO2/c12-5-9(19)18-7-1-3-8(4-2-7)20-6-10(13,14)11(15,16)17/h1-4H,5-6H2,(H,18,19). The Labute approximate surface area is 119 Å². The van der Waals surface area contributed by atoms with E-state index in [1.807, 2.05) is 0 Å². The van der Waals surface area contributed by atoms with Gasteiger partial charge in [0, 0.05) is 5.69 Å². The van der Waals surface area contributed by atoms with Crippen LogP contribution in [0, 0.1) is 0 Å². The second-order valence-corrected chi connectivity index (χ2v) is 4.26. The van der Waals surface area contributed by atoms with Crippen LogP contribution in [0.4, 0.5) is 27.6 Å². The van der Waals surface area contributed by atoms with Crippen LogP contribution in [0.2, 0.25) is 0 Å². The lowest BCUT2D eigenvalue weighted by molar-refractivity contribution is -0.290. The summed E-state index contributed by atoms with van der Waals surface area (Å²) in [4.78, 5) is 11.0. The van der Waals surface area contributed by atoms with Crippen molar-refractivity contribution in [3.8, 4) is 5.75 Å². The molecular formula is C11H9BrF5NO2. The van der Waals surface area contributed by atoms with Crippen LogP contribution in [-0.2, 0) is 4.79 Å². The minimum absolute atomic E-state index is 0.0725. The van der Waals surface area contributed by atoms with Crippen molar-refractivity contribution in [3.05, 3.63) is 24.3 Å². The van der Waals surface area contributed by atoms with Crippen molar-refractivity contribution < 1.29 is 31.5 Å². The first-order valence-electron chi connectivity index (χ1n) is 5.19. The highest BCUT2D eigenvalue weighted by Gasteiger charge is 2.58. The number of carbonyl (C=O) groups is 1. The Morgan fingerprint density at radius 2 is 1.70 bits per heavy atom. The smallest absolute Gasteiger partial charge is 0.456 e. The van der Waals surface area contributed by atoms with Crippen molar-refractivity contribution in [3.63, 3.8) is 0 Å². The monoisotopic (exact) mass is 361 g/mol. The molecule has 0 aromatic heterocycles. The summed E-state index contributed by atoms with van der Waals surface area (Å²) < 4.78 is 65.3. The lowest BCUT2D eigenvalue weighted by Gasteiger charge is -2.19. The number of benzene rings is 1. The molecule has 1 aromatic carbocycles. The van der Waals surface area contributed by atoms with E-state index in [2.05, 4.69) is 26.0 Å². The number of carbonyl (C=O) groups excluding carboxylic acids is 1. The van der Waals surface area contributed by atoms with Gasteiger partial charge in [-0.05, 0) is 24.3 Å². The van der Waals surface area contributed by atoms with Gasteiger partial charge in [0.25, 0.3) is 0 Å². The van der Waals surface area contributed by atoms with Crippen molar-refractivity contribution in [2.24, 2.45) is 0 Å². The number of rotatable bonds is 5. The zero-order valence-electron chi connectivity index (χ0n) is 9.81. The number of ether oxygens (including phenoxy) is 1. The van der Waals surface area contributed by atoms with Crippen LogP contribution in [0.1, 0.15) is 0 Å². The first-order valence-corrected chi connectivity index (χ1v) is 6.31. The summed E-state index contributed by atoms with van der Waals surface area (Å²) in [6, 6.07) is 5.00. The molecule has 9 heteroatoms. The highest BCUT2D eigenvalue weighted by molar-refractivity contribution is 9.09. The summed E-state index contributed by atoms with van der Waals surface area (Å²) >= 11 is 2.93. The molecule has 0 saturated carbocycles. The second-order valence-electron chi connectivity index (χ2n) is 3.70. The summed E-state index contributed by atoms with van der Waals surface area (Å²) in [5, 5.41) is 2.52. The molecule has 1 rings (SSSR count). The molecule has 0 saturated heterocycles. The molecule has 1 aromatic rings.